The number of ether oxygens (including phenoxy) is 1. The maximum absolute atomic E-state index is 13.8. The topological polar surface area (TPSA) is 112 Å². The van der Waals surface area contributed by atoms with E-state index in [1.807, 2.05) is 0 Å². The second kappa shape index (κ2) is 7.87. The molecule has 1 aliphatic carbocycles. The smallest absolute Gasteiger partial charge is 0.420 e. The Kier molecular flexibility index (Phi) is 5.34. The number of aliphatic imine (C=N–C) groups is 1. The molecule has 1 aromatic rings. The molecule has 8 nitrogen and oxygen atoms in total. The first-order valence-electron chi connectivity index (χ1n) is 9.31. The molecular weight excluding hydrogens is 453 g/mol. The molecule has 0 spiro atoms. The van der Waals surface area contributed by atoms with E-state index < -0.39 is 52.0 Å². The molecule has 12 heteroatoms. The maximum atomic E-state index is 13.8. The van der Waals surface area contributed by atoms with Crippen molar-refractivity contribution in [3.05, 3.63) is 34.4 Å². The van der Waals surface area contributed by atoms with Gasteiger partial charge in [-0.3, -0.25) is 14.4 Å². The number of hydrogen-bond acceptors (Lipinski definition) is 7. The number of alkyl halides is 3. The van der Waals surface area contributed by atoms with Crippen molar-refractivity contribution in [2.24, 2.45) is 16.0 Å². The number of carbonyl (C=O) groups excluding carboxylic acids is 3. The Morgan fingerprint density at radius 3 is 2.53 bits per heavy atom. The second-order valence-corrected chi connectivity index (χ2v) is 7.63. The molecule has 0 atom stereocenters. The fraction of sp³-hybridized carbons (Fsp3) is 0.300. The quantitative estimate of drug-likeness (QED) is 0.637. The van der Waals surface area contributed by atoms with Crippen molar-refractivity contribution in [2.45, 2.75) is 25.4 Å². The molecule has 0 bridgehead atoms. The zero-order valence-corrected chi connectivity index (χ0v) is 16.8. The van der Waals surface area contributed by atoms with Crippen LogP contribution in [0.25, 0.3) is 0 Å². The lowest BCUT2D eigenvalue weighted by atomic mass is 10.0. The number of nitrogens with zero attached hydrogens (tertiary/aromatic N) is 4. The predicted molar refractivity (Wildman–Crippen MR) is 105 cm³/mol. The van der Waals surface area contributed by atoms with E-state index in [9.17, 15) is 27.6 Å². The van der Waals surface area contributed by atoms with Gasteiger partial charge in [0.05, 0.1) is 17.1 Å². The second-order valence-electron chi connectivity index (χ2n) is 7.22. The molecule has 2 aliphatic heterocycles. The number of Topliss-reactive ketones (excluding diaryl/α,β-unsaturated/α-hetero) is 2. The Morgan fingerprint density at radius 1 is 1.19 bits per heavy atom. The number of dihydropyridines is 1. The molecule has 1 fully saturated rings. The summed E-state index contributed by atoms with van der Waals surface area (Å²) in [4.78, 5) is 39.6. The molecule has 164 valence electrons. The number of amides is 1. The predicted octanol–water partition coefficient (Wildman–Crippen LogP) is 3.24. The van der Waals surface area contributed by atoms with Gasteiger partial charge in [0.25, 0.3) is 5.91 Å². The Morgan fingerprint density at radius 2 is 1.91 bits per heavy atom. The van der Waals surface area contributed by atoms with Crippen LogP contribution in [-0.2, 0) is 20.6 Å². The lowest BCUT2D eigenvalue weighted by molar-refractivity contribution is -0.138. The zero-order valence-electron chi connectivity index (χ0n) is 16.1. The molecule has 1 saturated carbocycles. The first kappa shape index (κ1) is 21.7. The van der Waals surface area contributed by atoms with Crippen molar-refractivity contribution >= 4 is 46.4 Å². The standard InChI is InChI=1S/C20H12ClF3N4O4/c21-13-4-10(28-18(31)6-15(29)14(7-25)27-28)3-12(20(22,23)24)19(13)32-17-5-11(9-1-2-9)16(30)8-26-17/h3-5,9H,1-2,6,8H2. The van der Waals surface area contributed by atoms with Crippen LogP contribution in [0.2, 0.25) is 5.02 Å². The molecule has 4 rings (SSSR count). The van der Waals surface area contributed by atoms with Gasteiger partial charge < -0.3 is 4.74 Å². The van der Waals surface area contributed by atoms with Gasteiger partial charge >= 0.3 is 6.18 Å². The molecule has 1 amide bonds. The van der Waals surface area contributed by atoms with Gasteiger partial charge in [-0.05, 0) is 30.9 Å². The van der Waals surface area contributed by atoms with Crippen molar-refractivity contribution < 1.29 is 32.3 Å². The van der Waals surface area contributed by atoms with Crippen molar-refractivity contribution in [2.75, 3.05) is 11.6 Å². The number of anilines is 1. The van der Waals surface area contributed by atoms with Gasteiger partial charge in [-0.25, -0.2) is 4.99 Å². The van der Waals surface area contributed by atoms with Crippen LogP contribution in [-0.4, -0.2) is 35.6 Å². The fourth-order valence-corrected chi connectivity index (χ4v) is 3.47. The molecule has 0 saturated heterocycles. The zero-order chi connectivity index (χ0) is 23.2. The van der Waals surface area contributed by atoms with Gasteiger partial charge in [0.2, 0.25) is 17.4 Å². The highest BCUT2D eigenvalue weighted by Crippen LogP contribution is 2.44. The average Bonchev–Trinajstić information content (AvgIpc) is 3.55. The number of hydrazone groups is 1. The third-order valence-electron chi connectivity index (χ3n) is 4.90. The lowest BCUT2D eigenvalue weighted by Gasteiger charge is -2.23. The van der Waals surface area contributed by atoms with Crippen LogP contribution >= 0.6 is 11.6 Å². The van der Waals surface area contributed by atoms with E-state index in [0.717, 1.165) is 18.9 Å². The minimum atomic E-state index is -4.94. The molecule has 3 aliphatic rings. The van der Waals surface area contributed by atoms with Crippen molar-refractivity contribution in [3.63, 3.8) is 0 Å². The average molecular weight is 465 g/mol. The van der Waals surface area contributed by atoms with Crippen LogP contribution in [0.15, 0.2) is 33.9 Å². The Bertz CT molecular complexity index is 1190. The van der Waals surface area contributed by atoms with E-state index in [1.165, 1.54) is 12.1 Å². The van der Waals surface area contributed by atoms with Gasteiger partial charge in [-0.15, -0.1) is 0 Å². The highest BCUT2D eigenvalue weighted by atomic mass is 35.5. The Labute approximate surface area is 183 Å². The summed E-state index contributed by atoms with van der Waals surface area (Å²) in [5.74, 6) is -2.85. The molecule has 0 N–H and O–H groups in total. The maximum Gasteiger partial charge on any atom is 0.420 e. The summed E-state index contributed by atoms with van der Waals surface area (Å²) in [5.41, 5.74) is -1.87. The van der Waals surface area contributed by atoms with Crippen LogP contribution in [0.4, 0.5) is 18.9 Å². The number of carbonyl (C=O) groups is 3. The summed E-state index contributed by atoms with van der Waals surface area (Å²) in [6.07, 6.45) is -2.73. The third kappa shape index (κ3) is 4.13. The number of rotatable bonds is 3. The van der Waals surface area contributed by atoms with Crippen LogP contribution in [0.5, 0.6) is 5.75 Å². The van der Waals surface area contributed by atoms with Crippen LogP contribution in [0.1, 0.15) is 24.8 Å². The van der Waals surface area contributed by atoms with Crippen LogP contribution in [0, 0.1) is 17.2 Å². The largest absolute Gasteiger partial charge is 0.437 e. The number of halogens is 4. The van der Waals surface area contributed by atoms with Crippen molar-refractivity contribution in [3.8, 4) is 11.8 Å². The van der Waals surface area contributed by atoms with E-state index >= 15 is 0 Å². The van der Waals surface area contributed by atoms with Gasteiger partial charge in [0.1, 0.15) is 18.2 Å². The summed E-state index contributed by atoms with van der Waals surface area (Å²) in [5, 5.41) is 12.5. The SMILES string of the molecule is N#CC1=NN(c2cc(Cl)c(OC3=NCC(=O)C(C4CC4)=C3)c(C(F)(F)F)c2)C(=O)CC1=O. The van der Waals surface area contributed by atoms with Gasteiger partial charge in [0, 0.05) is 11.6 Å². The molecule has 1 aromatic carbocycles. The van der Waals surface area contributed by atoms with Crippen LogP contribution < -0.4 is 9.75 Å². The normalized spacial score (nSPS) is 19.3. The van der Waals surface area contributed by atoms with E-state index in [4.69, 9.17) is 21.6 Å². The number of benzene rings is 1. The first-order valence-corrected chi connectivity index (χ1v) is 9.69. The van der Waals surface area contributed by atoms with Gasteiger partial charge in [0.15, 0.2) is 11.5 Å². The molecule has 0 unspecified atom stereocenters. The first-order chi connectivity index (χ1) is 15.1. The number of hydrogen-bond donors (Lipinski definition) is 0. The summed E-state index contributed by atoms with van der Waals surface area (Å²) in [6.45, 7) is -0.239. The minimum absolute atomic E-state index is 0.0524. The summed E-state index contributed by atoms with van der Waals surface area (Å²) >= 11 is 6.08. The van der Waals surface area contributed by atoms with Crippen molar-refractivity contribution in [1.29, 1.82) is 5.26 Å². The Balaban J connectivity index is 1.74. The Hall–Kier alpha value is -3.52. The molecular formula is C20H12ClF3N4O4. The van der Waals surface area contributed by atoms with Crippen LogP contribution in [0.3, 0.4) is 0 Å². The van der Waals surface area contributed by atoms with E-state index in [1.54, 1.807) is 0 Å². The highest BCUT2D eigenvalue weighted by Gasteiger charge is 2.39. The molecule has 2 heterocycles. The summed E-state index contributed by atoms with van der Waals surface area (Å²) in [7, 11) is 0. The van der Waals surface area contributed by atoms with Gasteiger partial charge in [-0.1, -0.05) is 11.6 Å². The minimum Gasteiger partial charge on any atom is -0.437 e. The van der Waals surface area contributed by atoms with Gasteiger partial charge in [-0.2, -0.15) is 28.5 Å². The summed E-state index contributed by atoms with van der Waals surface area (Å²) < 4.78 is 46.8. The highest BCUT2D eigenvalue weighted by molar-refractivity contribution is 6.50. The molecule has 32 heavy (non-hydrogen) atoms. The lowest BCUT2D eigenvalue weighted by Crippen LogP contribution is -2.36. The summed E-state index contributed by atoms with van der Waals surface area (Å²) in [6, 6.07) is 3.07. The van der Waals surface area contributed by atoms with E-state index in [-0.39, 0.29) is 24.1 Å². The van der Waals surface area contributed by atoms with Crippen molar-refractivity contribution in [1.82, 2.24) is 0 Å². The number of ketones is 2. The fourth-order valence-electron chi connectivity index (χ4n) is 3.22. The third-order valence-corrected chi connectivity index (χ3v) is 5.18. The molecule has 0 aromatic heterocycles. The number of nitriles is 1. The molecule has 0 radical (unpaired) electrons. The van der Waals surface area contributed by atoms with E-state index in [2.05, 4.69) is 10.1 Å². The van der Waals surface area contributed by atoms with E-state index in [0.29, 0.717) is 16.6 Å². The monoisotopic (exact) mass is 464 g/mol.